The van der Waals surface area contributed by atoms with Crippen LogP contribution in [0.3, 0.4) is 0 Å². The monoisotopic (exact) mass is 450 g/mol. The molecule has 0 bridgehead atoms. The van der Waals surface area contributed by atoms with E-state index in [2.05, 4.69) is 41.6 Å². The maximum atomic E-state index is 12.0. The Morgan fingerprint density at radius 3 is 2.65 bits per heavy atom. The number of thiophene rings is 1. The zero-order valence-electron chi connectivity index (χ0n) is 14.1. The fraction of sp³-hybridized carbons (Fsp3) is 0.625. The van der Waals surface area contributed by atoms with E-state index >= 15 is 0 Å². The molecule has 130 valence electrons. The third-order valence-corrected chi connectivity index (χ3v) is 4.80. The number of hydrogen-bond donors (Lipinski definition) is 2. The van der Waals surface area contributed by atoms with Gasteiger partial charge in [0.15, 0.2) is 5.96 Å². The van der Waals surface area contributed by atoms with Crippen molar-refractivity contribution >= 4 is 47.2 Å². The first-order valence-electron chi connectivity index (χ1n) is 7.88. The van der Waals surface area contributed by atoms with Gasteiger partial charge in [0.25, 0.3) is 0 Å². The van der Waals surface area contributed by atoms with E-state index < -0.39 is 0 Å². The van der Waals surface area contributed by atoms with Crippen LogP contribution in [0.2, 0.25) is 0 Å². The first kappa shape index (κ1) is 20.2. The van der Waals surface area contributed by atoms with E-state index in [1.165, 1.54) is 9.75 Å². The summed E-state index contributed by atoms with van der Waals surface area (Å²) in [6.45, 7) is 6.34. The molecule has 2 N–H and O–H groups in total. The summed E-state index contributed by atoms with van der Waals surface area (Å²) in [7, 11) is 1.73. The Balaban J connectivity index is 0.00000264. The summed E-state index contributed by atoms with van der Waals surface area (Å²) in [5.74, 6) is 0.843. The molecule has 1 amide bonds. The number of rotatable bonds is 5. The van der Waals surface area contributed by atoms with Gasteiger partial charge < -0.3 is 15.5 Å². The number of likely N-dealkylation sites (tertiary alicyclic amines) is 1. The van der Waals surface area contributed by atoms with Crippen LogP contribution in [-0.2, 0) is 11.2 Å². The summed E-state index contributed by atoms with van der Waals surface area (Å²) in [4.78, 5) is 20.8. The van der Waals surface area contributed by atoms with Gasteiger partial charge in [-0.25, -0.2) is 0 Å². The number of nitrogens with one attached hydrogen (secondary N) is 2. The summed E-state index contributed by atoms with van der Waals surface area (Å²) < 4.78 is 0. The molecule has 0 saturated carbocycles. The van der Waals surface area contributed by atoms with Crippen LogP contribution in [0.15, 0.2) is 17.1 Å². The second kappa shape index (κ2) is 10.1. The van der Waals surface area contributed by atoms with Crippen LogP contribution < -0.4 is 10.6 Å². The fourth-order valence-electron chi connectivity index (χ4n) is 2.61. The third-order valence-electron chi connectivity index (χ3n) is 3.78. The number of amides is 1. The van der Waals surface area contributed by atoms with E-state index in [1.807, 2.05) is 16.2 Å². The molecule has 1 aliphatic heterocycles. The zero-order chi connectivity index (χ0) is 15.9. The summed E-state index contributed by atoms with van der Waals surface area (Å²) in [6.07, 6.45) is 3.20. The number of aliphatic imine (C=N–C) groups is 1. The smallest absolute Gasteiger partial charge is 0.241 e. The Morgan fingerprint density at radius 1 is 1.39 bits per heavy atom. The van der Waals surface area contributed by atoms with Crippen LogP contribution in [0.1, 0.15) is 29.5 Å². The molecule has 1 aromatic rings. The van der Waals surface area contributed by atoms with Gasteiger partial charge in [-0.2, -0.15) is 0 Å². The van der Waals surface area contributed by atoms with Gasteiger partial charge in [0.05, 0.1) is 6.54 Å². The van der Waals surface area contributed by atoms with Crippen molar-refractivity contribution in [3.63, 3.8) is 0 Å². The van der Waals surface area contributed by atoms with Crippen molar-refractivity contribution in [1.82, 2.24) is 15.5 Å². The molecular weight excluding hydrogens is 423 g/mol. The Kier molecular flexibility index (Phi) is 8.90. The van der Waals surface area contributed by atoms with Crippen molar-refractivity contribution in [1.29, 1.82) is 0 Å². The number of guanidine groups is 1. The molecule has 1 aliphatic rings. The van der Waals surface area contributed by atoms with Crippen LogP contribution in [-0.4, -0.2) is 49.5 Å². The SMILES string of the molecule is CN=C(NCC(=O)N1CCCC1)NC(C)Cc1ccc(C)s1.I. The van der Waals surface area contributed by atoms with Crippen molar-refractivity contribution in [2.24, 2.45) is 4.99 Å². The van der Waals surface area contributed by atoms with Gasteiger partial charge in [-0.15, -0.1) is 35.3 Å². The highest BCUT2D eigenvalue weighted by Crippen LogP contribution is 2.16. The first-order valence-corrected chi connectivity index (χ1v) is 8.70. The molecular formula is C16H27IN4OS. The Labute approximate surface area is 160 Å². The molecule has 0 spiro atoms. The number of aryl methyl sites for hydroxylation is 1. The average molecular weight is 450 g/mol. The van der Waals surface area contributed by atoms with Crippen LogP contribution in [0.25, 0.3) is 0 Å². The van der Waals surface area contributed by atoms with Crippen LogP contribution in [0.5, 0.6) is 0 Å². The van der Waals surface area contributed by atoms with E-state index in [0.717, 1.165) is 32.4 Å². The van der Waals surface area contributed by atoms with Gasteiger partial charge in [0.1, 0.15) is 0 Å². The molecule has 7 heteroatoms. The second-order valence-corrected chi connectivity index (χ2v) is 7.15. The minimum absolute atomic E-state index is 0. The molecule has 1 aromatic heterocycles. The molecule has 0 aromatic carbocycles. The van der Waals surface area contributed by atoms with Crippen molar-refractivity contribution in [2.45, 2.75) is 39.2 Å². The first-order chi connectivity index (χ1) is 10.6. The van der Waals surface area contributed by atoms with Gasteiger partial charge >= 0.3 is 0 Å². The molecule has 23 heavy (non-hydrogen) atoms. The largest absolute Gasteiger partial charge is 0.354 e. The quantitative estimate of drug-likeness (QED) is 0.412. The second-order valence-electron chi connectivity index (χ2n) is 5.78. The summed E-state index contributed by atoms with van der Waals surface area (Å²) >= 11 is 1.82. The van der Waals surface area contributed by atoms with Crippen LogP contribution >= 0.6 is 35.3 Å². The van der Waals surface area contributed by atoms with Crippen molar-refractivity contribution < 1.29 is 4.79 Å². The lowest BCUT2D eigenvalue weighted by atomic mass is 10.2. The molecule has 1 unspecified atom stereocenters. The molecule has 2 rings (SSSR count). The predicted octanol–water partition coefficient (Wildman–Crippen LogP) is 2.39. The predicted molar refractivity (Wildman–Crippen MR) is 108 cm³/mol. The molecule has 2 heterocycles. The highest BCUT2D eigenvalue weighted by Gasteiger charge is 2.18. The number of nitrogens with zero attached hydrogens (tertiary/aromatic N) is 2. The van der Waals surface area contributed by atoms with E-state index in [4.69, 9.17) is 0 Å². The topological polar surface area (TPSA) is 56.7 Å². The van der Waals surface area contributed by atoms with Gasteiger partial charge in [-0.05, 0) is 38.8 Å². The molecule has 0 radical (unpaired) electrons. The summed E-state index contributed by atoms with van der Waals surface area (Å²) in [6, 6.07) is 4.59. The maximum Gasteiger partial charge on any atom is 0.241 e. The van der Waals surface area contributed by atoms with Gasteiger partial charge in [-0.3, -0.25) is 9.79 Å². The highest BCUT2D eigenvalue weighted by molar-refractivity contribution is 14.0. The zero-order valence-corrected chi connectivity index (χ0v) is 17.2. The molecule has 5 nitrogen and oxygen atoms in total. The Bertz CT molecular complexity index is 526. The van der Waals surface area contributed by atoms with Crippen molar-refractivity contribution in [2.75, 3.05) is 26.7 Å². The molecule has 1 fully saturated rings. The number of carbonyl (C=O) groups is 1. The van der Waals surface area contributed by atoms with Crippen LogP contribution in [0, 0.1) is 6.92 Å². The van der Waals surface area contributed by atoms with Gasteiger partial charge in [0, 0.05) is 42.4 Å². The maximum absolute atomic E-state index is 12.0. The lowest BCUT2D eigenvalue weighted by Crippen LogP contribution is -2.47. The highest BCUT2D eigenvalue weighted by atomic mass is 127. The van der Waals surface area contributed by atoms with E-state index in [1.54, 1.807) is 7.05 Å². The number of hydrogen-bond acceptors (Lipinski definition) is 3. The fourth-order valence-corrected chi connectivity index (χ4v) is 3.63. The molecule has 0 aliphatic carbocycles. The number of halogens is 1. The summed E-state index contributed by atoms with van der Waals surface area (Å²) in [5, 5.41) is 6.46. The van der Waals surface area contributed by atoms with Crippen molar-refractivity contribution in [3.8, 4) is 0 Å². The molecule has 1 atom stereocenters. The van der Waals surface area contributed by atoms with E-state index in [-0.39, 0.29) is 35.9 Å². The minimum atomic E-state index is 0. The standard InChI is InChI=1S/C16H26N4OS.HI/c1-12(10-14-7-6-13(2)22-14)19-16(17-3)18-11-15(21)20-8-4-5-9-20;/h6-7,12H,4-5,8-11H2,1-3H3,(H2,17,18,19);1H. The van der Waals surface area contributed by atoms with Crippen molar-refractivity contribution in [3.05, 3.63) is 21.9 Å². The van der Waals surface area contributed by atoms with E-state index in [9.17, 15) is 4.79 Å². The van der Waals surface area contributed by atoms with Gasteiger partial charge in [-0.1, -0.05) is 0 Å². The number of carbonyl (C=O) groups excluding carboxylic acids is 1. The van der Waals surface area contributed by atoms with Crippen LogP contribution in [0.4, 0.5) is 0 Å². The minimum Gasteiger partial charge on any atom is -0.354 e. The average Bonchev–Trinajstić information content (AvgIpc) is 3.14. The Hall–Kier alpha value is -0.830. The normalized spacial score (nSPS) is 16.0. The van der Waals surface area contributed by atoms with E-state index in [0.29, 0.717) is 12.5 Å². The lowest BCUT2D eigenvalue weighted by Gasteiger charge is -2.19. The third kappa shape index (κ3) is 6.66. The lowest BCUT2D eigenvalue weighted by molar-refractivity contribution is -0.128. The Morgan fingerprint density at radius 2 is 2.09 bits per heavy atom. The van der Waals surface area contributed by atoms with Gasteiger partial charge in [0.2, 0.25) is 5.91 Å². The summed E-state index contributed by atoms with van der Waals surface area (Å²) in [5.41, 5.74) is 0. The molecule has 1 saturated heterocycles.